The van der Waals surface area contributed by atoms with Gasteiger partial charge in [0.1, 0.15) is 0 Å². The van der Waals surface area contributed by atoms with E-state index in [4.69, 9.17) is 47.3 Å². The maximum Gasteiger partial charge on any atom is 0.416 e. The largest absolute Gasteiger partial charge is 0.493 e. The van der Waals surface area contributed by atoms with Crippen molar-refractivity contribution in [1.29, 1.82) is 0 Å². The van der Waals surface area contributed by atoms with Gasteiger partial charge in [-0.2, -0.15) is 13.2 Å². The summed E-state index contributed by atoms with van der Waals surface area (Å²) in [4.78, 5) is 50.1. The van der Waals surface area contributed by atoms with E-state index in [0.29, 0.717) is 64.2 Å². The lowest BCUT2D eigenvalue weighted by Crippen LogP contribution is -2.23. The smallest absolute Gasteiger partial charge is 0.416 e. The first kappa shape index (κ1) is 75.4. The average molecular weight is 1490 g/mol. The Hall–Kier alpha value is -14.8. The second-order valence-corrected chi connectivity index (χ2v) is 24.1. The number of methoxy groups -OCH3 is 3. The van der Waals surface area contributed by atoms with Crippen LogP contribution in [0.2, 0.25) is 0 Å². The zero-order valence-corrected chi connectivity index (χ0v) is 59.6. The second kappa shape index (κ2) is 36.1. The standard InChI is InChI=1S/C19H22N4O3.C16H13F3N4.C15H15N5.C14H12N4O2.C14H12N4OS/c1-24-16-9-13(10-17(25-2)18(16)26-3)11-21-23-12-15(22-19(23)20)14-7-5-4-6-8-14;17-16(18,19)12-6-8-13(9-7-12)22-23-10-14(21-15(23)20)11-4-2-1-3-5-11;16-15-19-14(12-6-2-1-3-7-12)11-20(15)18-10-13-8-4-5-9-17-13;2*15-14-16-11(10-5-2-1-3-6-10)9-18(14)17-13(19)12-7-4-8-20-12/h4-10,12,21H,11H2,1-3H3,(H2,20,22);1-10,22H,(H2,20,21);1-9,11,18H,10H2,(H2,16,19);2*1-9H,(H2,15,16)(H,17,19). The number of nitrogens with two attached hydrogens (primary N) is 5. The summed E-state index contributed by atoms with van der Waals surface area (Å²) in [6.07, 6.45) is 7.64. The quantitative estimate of drug-likeness (QED) is 0.0339. The Balaban J connectivity index is 0.000000136. The number of nitrogen functional groups attached to an aromatic ring is 5. The topological polar surface area (TPSA) is 367 Å². The van der Waals surface area contributed by atoms with Gasteiger partial charge in [-0.1, -0.05) is 164 Å². The molecule has 0 aliphatic carbocycles. The molecule has 0 aliphatic heterocycles. The number of nitrogens with one attached hydrogen (secondary N) is 5. The third-order valence-corrected chi connectivity index (χ3v) is 16.6. The SMILES string of the molecule is COc1cc(CNn2cc(-c3ccccc3)nc2N)cc(OC)c1OC.Nc1nc(-c2ccccc2)cn1NC(=O)c1ccco1.Nc1nc(-c2ccccc2)cn1NC(=O)c1cccs1.Nc1nc(-c2ccccc2)cn1NCc1ccccn1.Nc1nc(-c2ccccc2)cn1Nc1ccc(C(F)(F)F)cc1. The molecule has 0 spiro atoms. The number of thiophene rings is 1. The van der Waals surface area contributed by atoms with E-state index in [0.717, 1.165) is 68.3 Å². The molecule has 8 heterocycles. The Kier molecular flexibility index (Phi) is 25.0. The average Bonchev–Trinajstić information content (AvgIpc) is 1.75. The van der Waals surface area contributed by atoms with Gasteiger partial charge < -0.3 is 58.1 Å². The Morgan fingerprint density at radius 2 is 0.853 bits per heavy atom. The van der Waals surface area contributed by atoms with E-state index in [9.17, 15) is 22.8 Å². The van der Waals surface area contributed by atoms with Crippen molar-refractivity contribution in [2.45, 2.75) is 19.3 Å². The number of furan rings is 1. The lowest BCUT2D eigenvalue weighted by molar-refractivity contribution is -0.137. The fourth-order valence-electron chi connectivity index (χ4n) is 10.3. The van der Waals surface area contributed by atoms with Gasteiger partial charge in [0.15, 0.2) is 17.3 Å². The number of imidazole rings is 5. The molecule has 8 aromatic heterocycles. The summed E-state index contributed by atoms with van der Waals surface area (Å²) in [5, 5.41) is 1.85. The molecule has 2 amide bonds. The van der Waals surface area contributed by atoms with Crippen LogP contribution in [0.25, 0.3) is 56.3 Å². The highest BCUT2D eigenvalue weighted by Crippen LogP contribution is 2.38. The number of ether oxygens (including phenoxy) is 3. The summed E-state index contributed by atoms with van der Waals surface area (Å²) >= 11 is 1.37. The van der Waals surface area contributed by atoms with Gasteiger partial charge in [-0.05, 0) is 77.7 Å². The van der Waals surface area contributed by atoms with Crippen molar-refractivity contribution < 1.29 is 41.4 Å². The minimum Gasteiger partial charge on any atom is -0.493 e. The Labute approximate surface area is 626 Å². The molecule has 31 heteroatoms. The number of halogens is 3. The molecule has 15 N–H and O–H groups in total. The number of benzene rings is 7. The molecule has 0 saturated carbocycles. The van der Waals surface area contributed by atoms with E-state index in [2.05, 4.69) is 57.0 Å². The molecular weight excluding hydrogens is 1420 g/mol. The third-order valence-electron chi connectivity index (χ3n) is 15.7. The lowest BCUT2D eigenvalue weighted by atomic mass is 10.2. The van der Waals surface area contributed by atoms with Gasteiger partial charge in [0.2, 0.25) is 35.5 Å². The monoisotopic (exact) mass is 1490 g/mol. The Morgan fingerprint density at radius 1 is 0.450 bits per heavy atom. The highest BCUT2D eigenvalue weighted by Gasteiger charge is 2.30. The van der Waals surface area contributed by atoms with Crippen molar-refractivity contribution in [3.63, 3.8) is 0 Å². The number of amides is 2. The number of nitrogens with zero attached hydrogens (tertiary/aromatic N) is 11. The van der Waals surface area contributed by atoms with E-state index < -0.39 is 17.6 Å². The maximum atomic E-state index is 12.5. The number of carbonyl (C=O) groups is 2. The molecule has 0 aliphatic rings. The van der Waals surface area contributed by atoms with Crippen LogP contribution in [0, 0.1) is 0 Å². The summed E-state index contributed by atoms with van der Waals surface area (Å²) in [7, 11) is 4.76. The number of aromatic nitrogens is 11. The molecule has 554 valence electrons. The van der Waals surface area contributed by atoms with Gasteiger partial charge in [0, 0.05) is 34.0 Å². The van der Waals surface area contributed by atoms with Gasteiger partial charge in [-0.3, -0.25) is 30.9 Å². The van der Waals surface area contributed by atoms with Crippen molar-refractivity contribution in [3.05, 3.63) is 307 Å². The summed E-state index contributed by atoms with van der Waals surface area (Å²) in [6.45, 7) is 1.10. The van der Waals surface area contributed by atoms with Crippen LogP contribution in [0.4, 0.5) is 48.6 Å². The van der Waals surface area contributed by atoms with Crippen molar-refractivity contribution in [3.8, 4) is 73.5 Å². The van der Waals surface area contributed by atoms with E-state index in [1.165, 1.54) is 43.8 Å². The van der Waals surface area contributed by atoms with E-state index in [-0.39, 0.29) is 29.5 Å². The number of anilines is 6. The van der Waals surface area contributed by atoms with Crippen molar-refractivity contribution in [1.82, 2.24) is 53.3 Å². The van der Waals surface area contributed by atoms with Crippen molar-refractivity contribution in [2.24, 2.45) is 0 Å². The van der Waals surface area contributed by atoms with E-state index >= 15 is 0 Å². The third kappa shape index (κ3) is 20.4. The van der Waals surface area contributed by atoms with Crippen LogP contribution < -0.4 is 70.0 Å². The van der Waals surface area contributed by atoms with Gasteiger partial charge in [0.25, 0.3) is 5.91 Å². The first-order chi connectivity index (χ1) is 52.9. The number of hydrogen-bond acceptors (Lipinski definition) is 21. The zero-order valence-electron chi connectivity index (χ0n) is 58.8. The molecule has 109 heavy (non-hydrogen) atoms. The van der Waals surface area contributed by atoms with Gasteiger partial charge in [0.05, 0.1) is 122 Å². The minimum atomic E-state index is -4.35. The summed E-state index contributed by atoms with van der Waals surface area (Å²) < 4.78 is 66.4. The van der Waals surface area contributed by atoms with E-state index in [1.54, 1.807) is 73.7 Å². The van der Waals surface area contributed by atoms with E-state index in [1.807, 2.05) is 206 Å². The number of alkyl halides is 3. The molecule has 0 unspecified atom stereocenters. The predicted molar refractivity (Wildman–Crippen MR) is 418 cm³/mol. The normalized spacial score (nSPS) is 10.6. The number of hydrogen-bond donors (Lipinski definition) is 10. The molecular formula is C78H74F3N21O6S. The van der Waals surface area contributed by atoms with Crippen LogP contribution in [0.1, 0.15) is 37.0 Å². The summed E-state index contributed by atoms with van der Waals surface area (Å²) in [6, 6.07) is 69.6. The minimum absolute atomic E-state index is 0.198. The van der Waals surface area contributed by atoms with Crippen molar-refractivity contribution in [2.75, 3.05) is 77.1 Å². The molecule has 7 aromatic carbocycles. The molecule has 0 fully saturated rings. The number of carbonyl (C=O) groups excluding carboxylic acids is 2. The lowest BCUT2D eigenvalue weighted by Gasteiger charge is -2.15. The van der Waals surface area contributed by atoms with Crippen LogP contribution in [0.15, 0.2) is 284 Å². The van der Waals surface area contributed by atoms with Gasteiger partial charge in [-0.25, -0.2) is 48.3 Å². The number of pyridine rings is 1. The summed E-state index contributed by atoms with van der Waals surface area (Å²) in [5.41, 5.74) is 54.2. The molecule has 15 rings (SSSR count). The molecule has 15 aromatic rings. The molecule has 0 bridgehead atoms. The van der Waals surface area contributed by atoms with Gasteiger partial charge >= 0.3 is 12.1 Å². The highest BCUT2D eigenvalue weighted by molar-refractivity contribution is 7.12. The van der Waals surface area contributed by atoms with Crippen LogP contribution >= 0.6 is 11.3 Å². The first-order valence-electron chi connectivity index (χ1n) is 33.2. The zero-order chi connectivity index (χ0) is 76.7. The Bertz CT molecular complexity index is 5190. The molecule has 27 nitrogen and oxygen atoms in total. The van der Waals surface area contributed by atoms with Crippen LogP contribution in [0.5, 0.6) is 17.2 Å². The van der Waals surface area contributed by atoms with Crippen LogP contribution in [-0.4, -0.2) is 86.4 Å². The molecule has 0 saturated heterocycles. The molecule has 0 atom stereocenters. The first-order valence-corrected chi connectivity index (χ1v) is 34.1. The molecule has 0 radical (unpaired) electrons. The second-order valence-electron chi connectivity index (χ2n) is 23.1. The fraction of sp³-hybridized carbons (Fsp3) is 0.0769. The van der Waals surface area contributed by atoms with Crippen LogP contribution in [-0.2, 0) is 19.3 Å². The fourth-order valence-corrected chi connectivity index (χ4v) is 10.9. The summed E-state index contributed by atoms with van der Waals surface area (Å²) in [5.74, 6) is 2.85. The number of rotatable bonds is 20. The van der Waals surface area contributed by atoms with Gasteiger partial charge in [-0.15, -0.1) is 11.3 Å². The highest BCUT2D eigenvalue weighted by atomic mass is 32.1. The maximum absolute atomic E-state index is 12.5. The van der Waals surface area contributed by atoms with Crippen molar-refractivity contribution >= 4 is 58.6 Å². The predicted octanol–water partition coefficient (Wildman–Crippen LogP) is 13.9. The van der Waals surface area contributed by atoms with Crippen LogP contribution in [0.3, 0.4) is 0 Å². The Morgan fingerprint density at radius 3 is 1.24 bits per heavy atom.